The summed E-state index contributed by atoms with van der Waals surface area (Å²) in [4.78, 5) is 25.6. The SMILES string of the molecule is CCCCCCCCCCCCCCCCCCCCCC(=O)N[C@@H](CO[C@@H]1O[C@H](COP(=O)([O-])OCC[N+](C)(C)C)[C@H](O)[C@H](O)[C@H]1O)[C@H](O)/C=C/CCCCCCCCCCCC(C)C. The second kappa shape index (κ2) is 39.7. The number of hydrogen-bond acceptors (Lipinski definition) is 11. The summed E-state index contributed by atoms with van der Waals surface area (Å²) in [7, 11) is 0.874. The highest BCUT2D eigenvalue weighted by Gasteiger charge is 2.45. The lowest BCUT2D eigenvalue weighted by Gasteiger charge is -2.41. The number of nitrogens with zero attached hydrogens (tertiary/aromatic N) is 1. The fraction of sp³-hybridized carbons (Fsp3) is 0.942. The van der Waals surface area contributed by atoms with E-state index in [0.29, 0.717) is 17.4 Å². The maximum atomic E-state index is 13.2. The Morgan fingerprint density at radius 2 is 1.17 bits per heavy atom. The maximum absolute atomic E-state index is 13.2. The van der Waals surface area contributed by atoms with E-state index in [-0.39, 0.29) is 19.1 Å². The van der Waals surface area contributed by atoms with E-state index in [2.05, 4.69) is 26.1 Å². The number of rotatable bonds is 45. The molecule has 0 bridgehead atoms. The molecule has 1 unspecified atom stereocenters. The minimum atomic E-state index is -4.77. The smallest absolute Gasteiger partial charge is 0.268 e. The highest BCUT2D eigenvalue weighted by atomic mass is 31.2. The van der Waals surface area contributed by atoms with Crippen molar-refractivity contribution in [3.63, 3.8) is 0 Å². The van der Waals surface area contributed by atoms with Gasteiger partial charge in [0.05, 0.1) is 46.5 Å². The van der Waals surface area contributed by atoms with Gasteiger partial charge in [0.15, 0.2) is 6.29 Å². The maximum Gasteiger partial charge on any atom is 0.268 e. The molecule has 0 aromatic carbocycles. The Morgan fingerprint density at radius 1 is 0.697 bits per heavy atom. The second-order valence-corrected chi connectivity index (χ2v) is 22.2. The molecule has 0 aromatic rings. The first-order valence-corrected chi connectivity index (χ1v) is 28.4. The number of ether oxygens (including phenoxy) is 2. The van der Waals surface area contributed by atoms with Crippen LogP contribution < -0.4 is 10.2 Å². The highest BCUT2D eigenvalue weighted by Crippen LogP contribution is 2.39. The number of carbonyl (C=O) groups is 1. The van der Waals surface area contributed by atoms with Gasteiger partial charge in [0.2, 0.25) is 5.91 Å². The van der Waals surface area contributed by atoms with Crippen LogP contribution in [0.4, 0.5) is 0 Å². The van der Waals surface area contributed by atoms with Crippen molar-refractivity contribution in [2.45, 2.75) is 263 Å². The number of amides is 1. The number of aliphatic hydroxyl groups excluding tert-OH is 4. The van der Waals surface area contributed by atoms with Gasteiger partial charge in [0.25, 0.3) is 7.82 Å². The van der Waals surface area contributed by atoms with E-state index in [9.17, 15) is 34.7 Å². The Balaban J connectivity index is 2.57. The van der Waals surface area contributed by atoms with Gasteiger partial charge in [-0.15, -0.1) is 0 Å². The van der Waals surface area contributed by atoms with Gasteiger partial charge in [0.1, 0.15) is 37.6 Å². The first-order valence-electron chi connectivity index (χ1n) is 26.9. The third-order valence-corrected chi connectivity index (χ3v) is 13.7. The zero-order chi connectivity index (χ0) is 48.9. The van der Waals surface area contributed by atoms with Crippen molar-refractivity contribution in [3.05, 3.63) is 12.2 Å². The molecule has 1 rings (SSSR count). The fourth-order valence-electron chi connectivity index (χ4n) is 8.31. The van der Waals surface area contributed by atoms with E-state index < -0.39 is 57.3 Å². The van der Waals surface area contributed by atoms with Crippen molar-refractivity contribution < 1.29 is 57.7 Å². The summed E-state index contributed by atoms with van der Waals surface area (Å²) >= 11 is 0. The lowest BCUT2D eigenvalue weighted by molar-refractivity contribution is -0.870. The standard InChI is InChI=1S/C52H103N2O11P/c1-7-8-9-10-11-12-13-14-15-16-17-18-19-20-24-27-30-33-36-39-48(56)53-45(46(55)38-35-32-29-26-23-21-22-25-28-31-34-37-44(2)3)42-62-52-51(59)50(58)49(57)47(65-52)43-64-66(60,61)63-41-40-54(4,5)6/h35,38,44-47,49-52,55,57-59H,7-34,36-37,39-43H2,1-6H3,(H-,53,56,60,61)/b38-35+/t45-,46+,47+,49-,50-,51+,52+/m0/s1. The van der Waals surface area contributed by atoms with Crippen LogP contribution in [0.1, 0.15) is 220 Å². The van der Waals surface area contributed by atoms with E-state index in [1.807, 2.05) is 27.2 Å². The van der Waals surface area contributed by atoms with Gasteiger partial charge in [0, 0.05) is 6.42 Å². The van der Waals surface area contributed by atoms with Crippen molar-refractivity contribution in [3.8, 4) is 0 Å². The minimum Gasteiger partial charge on any atom is -0.756 e. The molecule has 0 radical (unpaired) electrons. The number of allylic oxidation sites excluding steroid dienone is 1. The predicted molar refractivity (Wildman–Crippen MR) is 266 cm³/mol. The molecular formula is C52H103N2O11P. The van der Waals surface area contributed by atoms with E-state index in [4.69, 9.17) is 18.5 Å². The van der Waals surface area contributed by atoms with Crippen molar-refractivity contribution in [1.29, 1.82) is 0 Å². The van der Waals surface area contributed by atoms with Gasteiger partial charge in [-0.2, -0.15) is 0 Å². The fourth-order valence-corrected chi connectivity index (χ4v) is 9.02. The van der Waals surface area contributed by atoms with E-state index in [0.717, 1.165) is 50.9 Å². The number of aliphatic hydroxyl groups is 4. The summed E-state index contributed by atoms with van der Waals surface area (Å²) in [5, 5.41) is 46.1. The van der Waals surface area contributed by atoms with Crippen LogP contribution in [-0.4, -0.2) is 121 Å². The number of phosphoric acid groups is 1. The molecular weight excluding hydrogens is 860 g/mol. The summed E-state index contributed by atoms with van der Waals surface area (Å²) in [5.74, 6) is 0.554. The molecule has 1 fully saturated rings. The molecule has 0 aromatic heterocycles. The van der Waals surface area contributed by atoms with Crippen LogP contribution in [0.5, 0.6) is 0 Å². The quantitative estimate of drug-likeness (QED) is 0.0169. The van der Waals surface area contributed by atoms with Crippen LogP contribution in [0.2, 0.25) is 0 Å². The largest absolute Gasteiger partial charge is 0.756 e. The molecule has 5 N–H and O–H groups in total. The number of hydrogen-bond donors (Lipinski definition) is 5. The van der Waals surface area contributed by atoms with Crippen LogP contribution in [0, 0.1) is 5.92 Å². The minimum absolute atomic E-state index is 0.117. The predicted octanol–water partition coefficient (Wildman–Crippen LogP) is 10.2. The molecule has 1 heterocycles. The number of quaternary nitrogens is 1. The first kappa shape index (κ1) is 63.1. The van der Waals surface area contributed by atoms with E-state index >= 15 is 0 Å². The Labute approximate surface area is 403 Å². The first-order chi connectivity index (χ1) is 31.6. The number of unbranched alkanes of at least 4 members (excludes halogenated alkanes) is 27. The summed E-state index contributed by atoms with van der Waals surface area (Å²) in [5.41, 5.74) is 0. The monoisotopic (exact) mass is 963 g/mol. The zero-order valence-electron chi connectivity index (χ0n) is 43.1. The molecule has 0 spiro atoms. The van der Waals surface area contributed by atoms with Crippen molar-refractivity contribution in [1.82, 2.24) is 5.32 Å². The molecule has 14 heteroatoms. The molecule has 66 heavy (non-hydrogen) atoms. The van der Waals surface area contributed by atoms with Crippen LogP contribution in [0.25, 0.3) is 0 Å². The Kier molecular flexibility index (Phi) is 38.0. The average Bonchev–Trinajstić information content (AvgIpc) is 3.26. The molecule has 0 aliphatic carbocycles. The summed E-state index contributed by atoms with van der Waals surface area (Å²) in [6.07, 6.45) is 32.0. The average molecular weight is 963 g/mol. The normalized spacial score (nSPS) is 21.1. The summed E-state index contributed by atoms with van der Waals surface area (Å²) in [6.45, 7) is 6.13. The summed E-state index contributed by atoms with van der Waals surface area (Å²) < 4.78 is 34.3. The second-order valence-electron chi connectivity index (χ2n) is 20.8. The molecule has 392 valence electrons. The van der Waals surface area contributed by atoms with Gasteiger partial charge in [-0.25, -0.2) is 0 Å². The number of likely N-dealkylation sites (N-methyl/N-ethyl adjacent to an activating group) is 1. The van der Waals surface area contributed by atoms with Gasteiger partial charge < -0.3 is 53.6 Å². The van der Waals surface area contributed by atoms with Crippen LogP contribution >= 0.6 is 7.82 Å². The van der Waals surface area contributed by atoms with Crippen LogP contribution in [-0.2, 0) is 27.9 Å². The van der Waals surface area contributed by atoms with Crippen molar-refractivity contribution >= 4 is 13.7 Å². The Morgan fingerprint density at radius 3 is 1.65 bits per heavy atom. The summed E-state index contributed by atoms with van der Waals surface area (Å²) in [6, 6.07) is -0.902. The zero-order valence-corrected chi connectivity index (χ0v) is 44.0. The van der Waals surface area contributed by atoms with Gasteiger partial charge in [-0.3, -0.25) is 9.36 Å². The van der Waals surface area contributed by atoms with Gasteiger partial charge in [-0.1, -0.05) is 206 Å². The molecule has 1 amide bonds. The Hall–Kier alpha value is -0.960. The molecule has 0 saturated carbocycles. The van der Waals surface area contributed by atoms with Crippen LogP contribution in [0.3, 0.4) is 0 Å². The molecule has 1 aliphatic heterocycles. The topological polar surface area (TPSA) is 187 Å². The third-order valence-electron chi connectivity index (χ3n) is 12.8. The van der Waals surface area contributed by atoms with Crippen LogP contribution in [0.15, 0.2) is 12.2 Å². The van der Waals surface area contributed by atoms with E-state index in [1.165, 1.54) is 148 Å². The highest BCUT2D eigenvalue weighted by molar-refractivity contribution is 7.45. The lowest BCUT2D eigenvalue weighted by atomic mass is 9.99. The van der Waals surface area contributed by atoms with Gasteiger partial charge >= 0.3 is 0 Å². The molecule has 8 atom stereocenters. The number of nitrogens with one attached hydrogen (secondary N) is 1. The lowest BCUT2D eigenvalue weighted by Crippen LogP contribution is -2.60. The van der Waals surface area contributed by atoms with E-state index in [1.54, 1.807) is 6.08 Å². The third kappa shape index (κ3) is 35.2. The molecule has 1 saturated heterocycles. The molecule has 1 aliphatic rings. The van der Waals surface area contributed by atoms with Crippen molar-refractivity contribution in [2.75, 3.05) is 47.5 Å². The van der Waals surface area contributed by atoms with Gasteiger partial charge in [-0.05, 0) is 25.2 Å². The Bertz CT molecular complexity index is 1220. The molecule has 13 nitrogen and oxygen atoms in total. The number of carbonyl (C=O) groups excluding carboxylic acids is 1. The number of phosphoric ester groups is 1. The van der Waals surface area contributed by atoms with Crippen molar-refractivity contribution in [2.24, 2.45) is 5.92 Å².